The molecule has 3 aliphatic rings. The summed E-state index contributed by atoms with van der Waals surface area (Å²) < 4.78 is 5.73. The zero-order chi connectivity index (χ0) is 17.1. The monoisotopic (exact) mass is 336 g/mol. The number of nitrogens with zero attached hydrogens (tertiary/aromatic N) is 1. The van der Waals surface area contributed by atoms with E-state index >= 15 is 0 Å². The topological polar surface area (TPSA) is 45.3 Å². The van der Waals surface area contributed by atoms with Gasteiger partial charge in [0, 0.05) is 41.2 Å². The molecule has 4 nitrogen and oxygen atoms in total. The van der Waals surface area contributed by atoms with Crippen LogP contribution in [0.25, 0.3) is 10.9 Å². The zero-order valence-electron chi connectivity index (χ0n) is 14.8. The van der Waals surface area contributed by atoms with Gasteiger partial charge >= 0.3 is 0 Å². The molecule has 4 atom stereocenters. The quantitative estimate of drug-likeness (QED) is 0.811. The number of nitrogens with one attached hydrogen (secondary N) is 1. The first-order chi connectivity index (χ1) is 12.2. The summed E-state index contributed by atoms with van der Waals surface area (Å²) in [6.07, 6.45) is 4.98. The lowest BCUT2D eigenvalue weighted by Gasteiger charge is -2.49. The van der Waals surface area contributed by atoms with E-state index in [1.54, 1.807) is 6.26 Å². The summed E-state index contributed by atoms with van der Waals surface area (Å²) in [5.41, 5.74) is 6.22. The van der Waals surface area contributed by atoms with Gasteiger partial charge in [0.1, 0.15) is 6.29 Å². The number of carbonyl (C=O) groups is 1. The lowest BCUT2D eigenvalue weighted by molar-refractivity contribution is -0.107. The number of piperidine rings is 1. The van der Waals surface area contributed by atoms with Crippen LogP contribution in [0.15, 0.2) is 30.0 Å². The highest BCUT2D eigenvalue weighted by Gasteiger charge is 2.45. The Morgan fingerprint density at radius 2 is 2.24 bits per heavy atom. The maximum atomic E-state index is 11.5. The Hall–Kier alpha value is -2.07. The molecular formula is C21H24N2O2. The van der Waals surface area contributed by atoms with Crippen molar-refractivity contribution in [1.29, 1.82) is 0 Å². The Morgan fingerprint density at radius 3 is 3.08 bits per heavy atom. The fourth-order valence-electron chi connectivity index (χ4n) is 5.18. The van der Waals surface area contributed by atoms with Crippen LogP contribution in [0.1, 0.15) is 36.2 Å². The molecular weight excluding hydrogens is 312 g/mol. The summed E-state index contributed by atoms with van der Waals surface area (Å²) in [6.45, 7) is 6.38. The van der Waals surface area contributed by atoms with E-state index in [0.29, 0.717) is 17.9 Å². The van der Waals surface area contributed by atoms with Gasteiger partial charge in [0.05, 0.1) is 18.4 Å². The van der Waals surface area contributed by atoms with Crippen LogP contribution in [-0.4, -0.2) is 35.4 Å². The standard InChI is InChI=1S/C21H24N2O2/c1-12-3-4-15-16-5-6-23-9-18-13(2)25-11-14(10-24)17(18)8-20(23)21(16)22-19(15)7-12/h3-4,7,10-11,13,17-18,20,22H,5-6,8-9H2,1-2H3/t13-,17+,18-,20+/m0/s1. The normalized spacial score (nSPS) is 31.5. The van der Waals surface area contributed by atoms with Crippen LogP contribution in [-0.2, 0) is 16.0 Å². The van der Waals surface area contributed by atoms with E-state index in [0.717, 1.165) is 37.8 Å². The summed E-state index contributed by atoms with van der Waals surface area (Å²) in [7, 11) is 0. The molecule has 3 aliphatic heterocycles. The average Bonchev–Trinajstić information content (AvgIpc) is 2.99. The number of H-pyrrole nitrogens is 1. The predicted octanol–water partition coefficient (Wildman–Crippen LogP) is 3.51. The second-order valence-electron chi connectivity index (χ2n) is 7.91. The minimum Gasteiger partial charge on any atom is -0.498 e. The van der Waals surface area contributed by atoms with Crippen molar-refractivity contribution in [3.8, 4) is 0 Å². The van der Waals surface area contributed by atoms with Gasteiger partial charge in [-0.2, -0.15) is 0 Å². The van der Waals surface area contributed by atoms with Crippen molar-refractivity contribution in [2.24, 2.45) is 11.8 Å². The first-order valence-corrected chi connectivity index (χ1v) is 9.31. The smallest absolute Gasteiger partial charge is 0.149 e. The lowest BCUT2D eigenvalue weighted by atomic mass is 9.72. The van der Waals surface area contributed by atoms with Crippen molar-refractivity contribution in [3.05, 3.63) is 46.9 Å². The van der Waals surface area contributed by atoms with Crippen LogP contribution < -0.4 is 0 Å². The van der Waals surface area contributed by atoms with Gasteiger partial charge in [-0.25, -0.2) is 0 Å². The van der Waals surface area contributed by atoms with Crippen LogP contribution in [0.3, 0.4) is 0 Å². The number of fused-ring (bicyclic) bond motifs is 6. The summed E-state index contributed by atoms with van der Waals surface area (Å²) in [5.74, 6) is 0.719. The molecule has 130 valence electrons. The first kappa shape index (κ1) is 15.2. The van der Waals surface area contributed by atoms with E-state index in [9.17, 15) is 4.79 Å². The first-order valence-electron chi connectivity index (χ1n) is 9.31. The van der Waals surface area contributed by atoms with Gasteiger partial charge < -0.3 is 9.72 Å². The predicted molar refractivity (Wildman–Crippen MR) is 97.3 cm³/mol. The Balaban J connectivity index is 1.57. The van der Waals surface area contributed by atoms with E-state index in [1.807, 2.05) is 0 Å². The summed E-state index contributed by atoms with van der Waals surface area (Å²) in [5, 5.41) is 1.37. The number of rotatable bonds is 1. The number of hydrogen-bond acceptors (Lipinski definition) is 3. The highest BCUT2D eigenvalue weighted by Crippen LogP contribution is 2.47. The number of benzene rings is 1. The third-order valence-corrected chi connectivity index (χ3v) is 6.54. The molecule has 1 fully saturated rings. The molecule has 1 aromatic carbocycles. The minimum atomic E-state index is 0.182. The average molecular weight is 336 g/mol. The Bertz CT molecular complexity index is 881. The van der Waals surface area contributed by atoms with Crippen LogP contribution in [0, 0.1) is 18.8 Å². The summed E-state index contributed by atoms with van der Waals surface area (Å²) in [4.78, 5) is 17.8. The Kier molecular flexibility index (Phi) is 3.32. The number of aromatic amines is 1. The van der Waals surface area contributed by atoms with E-state index in [1.165, 1.54) is 27.7 Å². The molecule has 25 heavy (non-hydrogen) atoms. The largest absolute Gasteiger partial charge is 0.498 e. The van der Waals surface area contributed by atoms with Gasteiger partial charge in [-0.1, -0.05) is 12.1 Å². The number of aryl methyl sites for hydroxylation is 1. The Labute approximate surface area is 147 Å². The van der Waals surface area contributed by atoms with E-state index in [-0.39, 0.29) is 6.10 Å². The van der Waals surface area contributed by atoms with Crippen LogP contribution >= 0.6 is 0 Å². The lowest BCUT2D eigenvalue weighted by Crippen LogP contribution is -2.50. The van der Waals surface area contributed by atoms with Crippen molar-refractivity contribution in [2.75, 3.05) is 13.1 Å². The molecule has 1 N–H and O–H groups in total. The van der Waals surface area contributed by atoms with E-state index in [4.69, 9.17) is 4.74 Å². The van der Waals surface area contributed by atoms with Crippen LogP contribution in [0.5, 0.6) is 0 Å². The fraction of sp³-hybridized carbons (Fsp3) is 0.476. The summed E-state index contributed by atoms with van der Waals surface area (Å²) >= 11 is 0. The Morgan fingerprint density at radius 1 is 1.36 bits per heavy atom. The molecule has 5 rings (SSSR count). The molecule has 0 bridgehead atoms. The molecule has 0 saturated carbocycles. The summed E-state index contributed by atoms with van der Waals surface area (Å²) in [6, 6.07) is 7.09. The number of carbonyl (C=O) groups excluding carboxylic acids is 1. The van der Waals surface area contributed by atoms with Gasteiger partial charge in [-0.3, -0.25) is 9.69 Å². The van der Waals surface area contributed by atoms with Crippen molar-refractivity contribution >= 4 is 17.2 Å². The second-order valence-corrected chi connectivity index (χ2v) is 7.91. The van der Waals surface area contributed by atoms with E-state index < -0.39 is 0 Å². The minimum absolute atomic E-state index is 0.182. The number of aldehydes is 1. The molecule has 0 radical (unpaired) electrons. The molecule has 4 heterocycles. The molecule has 0 spiro atoms. The van der Waals surface area contributed by atoms with Crippen molar-refractivity contribution in [3.63, 3.8) is 0 Å². The van der Waals surface area contributed by atoms with Crippen molar-refractivity contribution in [2.45, 2.75) is 38.8 Å². The van der Waals surface area contributed by atoms with Gasteiger partial charge in [0.25, 0.3) is 0 Å². The van der Waals surface area contributed by atoms with Crippen LogP contribution in [0.2, 0.25) is 0 Å². The maximum absolute atomic E-state index is 11.5. The molecule has 0 aliphatic carbocycles. The molecule has 1 saturated heterocycles. The maximum Gasteiger partial charge on any atom is 0.149 e. The van der Waals surface area contributed by atoms with Crippen LogP contribution in [0.4, 0.5) is 0 Å². The van der Waals surface area contributed by atoms with Gasteiger partial charge in [-0.15, -0.1) is 0 Å². The zero-order valence-corrected chi connectivity index (χ0v) is 14.8. The molecule has 0 unspecified atom stereocenters. The van der Waals surface area contributed by atoms with Gasteiger partial charge in [0.2, 0.25) is 0 Å². The number of hydrogen-bond donors (Lipinski definition) is 1. The molecule has 4 heteroatoms. The van der Waals surface area contributed by atoms with Gasteiger partial charge in [0.15, 0.2) is 0 Å². The number of aromatic nitrogens is 1. The number of allylic oxidation sites excluding steroid dienone is 1. The molecule has 0 amide bonds. The second kappa shape index (κ2) is 5.46. The van der Waals surface area contributed by atoms with Crippen molar-refractivity contribution in [1.82, 2.24) is 9.88 Å². The highest BCUT2D eigenvalue weighted by atomic mass is 16.5. The van der Waals surface area contributed by atoms with E-state index in [2.05, 4.69) is 41.9 Å². The molecule has 2 aromatic rings. The highest BCUT2D eigenvalue weighted by molar-refractivity contribution is 5.85. The third-order valence-electron chi connectivity index (χ3n) is 6.54. The fourth-order valence-corrected chi connectivity index (χ4v) is 5.18. The van der Waals surface area contributed by atoms with Gasteiger partial charge in [-0.05, 0) is 49.8 Å². The van der Waals surface area contributed by atoms with Crippen molar-refractivity contribution < 1.29 is 9.53 Å². The third kappa shape index (κ3) is 2.20. The SMILES string of the molecule is Cc1ccc2c3c([nH]c2c1)[C@H]1C[C@@H]2C(C=O)=CO[C@@H](C)[C@@H]2CN1CC3. The molecule has 1 aromatic heterocycles. The number of ether oxygens (including phenoxy) is 1.